The first-order valence-electron chi connectivity index (χ1n) is 6.16. The number of rotatable bonds is 7. The van der Waals surface area contributed by atoms with Gasteiger partial charge in [0.15, 0.2) is 5.57 Å². The van der Waals surface area contributed by atoms with E-state index in [1.165, 1.54) is 9.34 Å². The van der Waals surface area contributed by atoms with Crippen molar-refractivity contribution in [3.05, 3.63) is 11.4 Å². The fourth-order valence-corrected chi connectivity index (χ4v) is 3.84. The van der Waals surface area contributed by atoms with Crippen molar-refractivity contribution >= 4 is 8.22 Å². The Kier molecular flexibility index (Phi) is 8.01. The molecular weight excluding hydrogens is 286 g/mol. The van der Waals surface area contributed by atoms with Crippen LogP contribution in [0.2, 0.25) is 0 Å². The summed E-state index contributed by atoms with van der Waals surface area (Å²) in [7, 11) is -2.07. The minimum atomic E-state index is -5.27. The van der Waals surface area contributed by atoms with Crippen molar-refractivity contribution in [1.29, 1.82) is 0 Å². The van der Waals surface area contributed by atoms with Crippen LogP contribution in [0.4, 0.5) is 22.0 Å². The molecule has 0 aliphatic carbocycles. The number of hydrogen-bond donors (Lipinski definition) is 0. The van der Waals surface area contributed by atoms with E-state index in [-0.39, 0.29) is 0 Å². The van der Waals surface area contributed by atoms with Crippen LogP contribution < -0.4 is 0 Å². The van der Waals surface area contributed by atoms with E-state index in [0.717, 1.165) is 0 Å². The molecule has 0 N–H and O–H groups in total. The summed E-state index contributed by atoms with van der Waals surface area (Å²) in [5, 5.41) is 0. The second kappa shape index (κ2) is 8.12. The Morgan fingerprint density at radius 3 is 1.37 bits per heavy atom. The summed E-state index contributed by atoms with van der Waals surface area (Å²) in [4.78, 5) is 0. The van der Waals surface area contributed by atoms with Crippen LogP contribution in [0.3, 0.4) is 0 Å². The van der Waals surface area contributed by atoms with E-state index >= 15 is 0 Å². The second-order valence-corrected chi connectivity index (χ2v) is 5.77. The molecule has 8 heteroatoms. The number of hydrogen-bond acceptors (Lipinski definition) is 2. The maximum atomic E-state index is 13.9. The third kappa shape index (κ3) is 4.97. The minimum Gasteiger partial charge on any atom is -0.265 e. The summed E-state index contributed by atoms with van der Waals surface area (Å²) >= 11 is 0. The van der Waals surface area contributed by atoms with E-state index in [4.69, 9.17) is 0 Å². The number of halogens is 5. The van der Waals surface area contributed by atoms with Crippen LogP contribution in [0.15, 0.2) is 11.4 Å². The highest BCUT2D eigenvalue weighted by molar-refractivity contribution is 7.57. The van der Waals surface area contributed by atoms with Gasteiger partial charge in [-0.3, -0.25) is 9.34 Å². The summed E-state index contributed by atoms with van der Waals surface area (Å²) in [6.07, 6.45) is -5.27. The van der Waals surface area contributed by atoms with Gasteiger partial charge in [-0.05, 0) is 0 Å². The van der Waals surface area contributed by atoms with Gasteiger partial charge in [0.2, 0.25) is 5.83 Å². The number of alkyl halides is 3. The van der Waals surface area contributed by atoms with E-state index in [1.807, 2.05) is 0 Å². The molecule has 0 atom stereocenters. The van der Waals surface area contributed by atoms with Crippen LogP contribution in [-0.4, -0.2) is 41.7 Å². The van der Waals surface area contributed by atoms with Gasteiger partial charge in [0, 0.05) is 26.2 Å². The van der Waals surface area contributed by atoms with Gasteiger partial charge in [-0.1, -0.05) is 27.7 Å². The Hall–Kier alpha value is -0.260. The first-order valence-corrected chi connectivity index (χ1v) is 7.41. The number of allylic oxidation sites excluding steroid dienone is 1. The van der Waals surface area contributed by atoms with Gasteiger partial charge < -0.3 is 0 Å². The fourth-order valence-electron chi connectivity index (χ4n) is 1.62. The molecule has 0 heterocycles. The van der Waals surface area contributed by atoms with Gasteiger partial charge in [-0.2, -0.15) is 17.6 Å². The standard InChI is InChI=1S/C11H20F5N2P/c1-5-17(6-2)19(18(7-3)8-4)10(13)9(12)11(14,15)16/h5-8H2,1-4H3/b10-9-. The fraction of sp³-hybridized carbons (Fsp3) is 0.818. The Balaban J connectivity index is 5.59. The summed E-state index contributed by atoms with van der Waals surface area (Å²) in [6.45, 7) is 8.27. The highest BCUT2D eigenvalue weighted by Crippen LogP contribution is 2.55. The van der Waals surface area contributed by atoms with E-state index in [0.29, 0.717) is 26.2 Å². The predicted octanol–water partition coefficient (Wildman–Crippen LogP) is 4.65. The zero-order valence-corrected chi connectivity index (χ0v) is 12.5. The first-order chi connectivity index (χ1) is 8.74. The molecular formula is C11H20F5N2P. The lowest BCUT2D eigenvalue weighted by molar-refractivity contribution is -0.110. The first kappa shape index (κ1) is 18.7. The zero-order valence-electron chi connectivity index (χ0n) is 11.6. The third-order valence-electron chi connectivity index (χ3n) is 2.60. The van der Waals surface area contributed by atoms with Crippen LogP contribution in [0, 0.1) is 0 Å². The highest BCUT2D eigenvalue weighted by atomic mass is 31.1. The normalized spacial score (nSPS) is 14.5. The van der Waals surface area contributed by atoms with Crippen LogP contribution in [0.25, 0.3) is 0 Å². The van der Waals surface area contributed by atoms with Crippen molar-refractivity contribution in [3.63, 3.8) is 0 Å². The molecule has 0 fully saturated rings. The molecule has 0 saturated carbocycles. The molecule has 0 radical (unpaired) electrons. The monoisotopic (exact) mass is 306 g/mol. The SMILES string of the molecule is CCN(CC)P(/C(F)=C(\F)C(F)(F)F)N(CC)CC. The largest absolute Gasteiger partial charge is 0.446 e. The van der Waals surface area contributed by atoms with Crippen molar-refractivity contribution in [2.75, 3.05) is 26.2 Å². The van der Waals surface area contributed by atoms with Crippen LogP contribution >= 0.6 is 8.22 Å². The molecule has 0 aromatic rings. The molecule has 0 aromatic heterocycles. The van der Waals surface area contributed by atoms with Crippen molar-refractivity contribution in [1.82, 2.24) is 9.34 Å². The molecule has 0 bridgehead atoms. The number of nitrogens with zero attached hydrogens (tertiary/aromatic N) is 2. The average molecular weight is 306 g/mol. The minimum absolute atomic E-state index is 0.358. The van der Waals surface area contributed by atoms with Gasteiger partial charge >= 0.3 is 6.18 Å². The Bertz CT molecular complexity index is 286. The van der Waals surface area contributed by atoms with Gasteiger partial charge in [0.1, 0.15) is 8.22 Å². The summed E-state index contributed by atoms with van der Waals surface area (Å²) in [5.74, 6) is -2.61. The molecule has 0 saturated heterocycles. The topological polar surface area (TPSA) is 6.48 Å². The Morgan fingerprint density at radius 2 is 1.16 bits per heavy atom. The van der Waals surface area contributed by atoms with Crippen LogP contribution in [0.1, 0.15) is 27.7 Å². The van der Waals surface area contributed by atoms with E-state index in [2.05, 4.69) is 0 Å². The molecule has 19 heavy (non-hydrogen) atoms. The van der Waals surface area contributed by atoms with Crippen molar-refractivity contribution in [3.8, 4) is 0 Å². The summed E-state index contributed by atoms with van der Waals surface area (Å²) in [5.41, 5.74) is -1.70. The van der Waals surface area contributed by atoms with Crippen LogP contribution in [-0.2, 0) is 0 Å². The lowest BCUT2D eigenvalue weighted by Crippen LogP contribution is -2.29. The maximum absolute atomic E-state index is 13.9. The van der Waals surface area contributed by atoms with Gasteiger partial charge in [-0.15, -0.1) is 0 Å². The van der Waals surface area contributed by atoms with Gasteiger partial charge in [0.05, 0.1) is 0 Å². The second-order valence-electron chi connectivity index (χ2n) is 3.67. The third-order valence-corrected chi connectivity index (χ3v) is 5.35. The molecule has 0 rings (SSSR count). The highest BCUT2D eigenvalue weighted by Gasteiger charge is 2.42. The smallest absolute Gasteiger partial charge is 0.265 e. The zero-order chi connectivity index (χ0) is 15.2. The molecule has 0 aromatic carbocycles. The quantitative estimate of drug-likeness (QED) is 0.499. The van der Waals surface area contributed by atoms with E-state index in [9.17, 15) is 22.0 Å². The lowest BCUT2D eigenvalue weighted by atomic mass is 10.6. The molecule has 2 nitrogen and oxygen atoms in total. The molecule has 0 spiro atoms. The maximum Gasteiger partial charge on any atom is 0.446 e. The predicted molar refractivity (Wildman–Crippen MR) is 68.1 cm³/mol. The Labute approximate surface area is 112 Å². The average Bonchev–Trinajstić information content (AvgIpc) is 2.36. The van der Waals surface area contributed by atoms with E-state index < -0.39 is 25.8 Å². The molecule has 0 amide bonds. The molecule has 0 aliphatic heterocycles. The molecule has 0 aliphatic rings. The van der Waals surface area contributed by atoms with Gasteiger partial charge in [0.25, 0.3) is 0 Å². The van der Waals surface area contributed by atoms with Crippen molar-refractivity contribution in [2.24, 2.45) is 0 Å². The molecule has 114 valence electrons. The summed E-state index contributed by atoms with van der Waals surface area (Å²) in [6, 6.07) is 0. The van der Waals surface area contributed by atoms with Crippen molar-refractivity contribution in [2.45, 2.75) is 33.9 Å². The van der Waals surface area contributed by atoms with E-state index in [1.54, 1.807) is 27.7 Å². The summed E-state index contributed by atoms with van der Waals surface area (Å²) < 4.78 is 67.0. The Morgan fingerprint density at radius 1 is 0.842 bits per heavy atom. The molecule has 0 unspecified atom stereocenters. The lowest BCUT2D eigenvalue weighted by Gasteiger charge is -2.36. The van der Waals surface area contributed by atoms with Gasteiger partial charge in [-0.25, -0.2) is 4.39 Å². The van der Waals surface area contributed by atoms with Crippen LogP contribution in [0.5, 0.6) is 0 Å². The van der Waals surface area contributed by atoms with Crippen molar-refractivity contribution < 1.29 is 22.0 Å².